The van der Waals surface area contributed by atoms with Crippen molar-refractivity contribution in [3.05, 3.63) is 11.4 Å². The van der Waals surface area contributed by atoms with E-state index in [4.69, 9.17) is 10.8 Å². The summed E-state index contributed by atoms with van der Waals surface area (Å²) < 4.78 is 1.02. The lowest BCUT2D eigenvalue weighted by Gasteiger charge is -2.18. The molecule has 18 heavy (non-hydrogen) atoms. The SMILES string of the molecule is CCC[C@@H](CCO)Nc1nc(N)nc2ccsc12. The van der Waals surface area contributed by atoms with Crippen LogP contribution >= 0.6 is 11.3 Å². The minimum absolute atomic E-state index is 0.172. The number of anilines is 2. The maximum atomic E-state index is 9.07. The third kappa shape index (κ3) is 2.88. The first kappa shape index (κ1) is 13.0. The Morgan fingerprint density at radius 3 is 3.00 bits per heavy atom. The maximum absolute atomic E-state index is 9.07. The van der Waals surface area contributed by atoms with Gasteiger partial charge in [0, 0.05) is 12.6 Å². The van der Waals surface area contributed by atoms with E-state index in [0.29, 0.717) is 6.42 Å². The van der Waals surface area contributed by atoms with Crippen LogP contribution < -0.4 is 11.1 Å². The molecule has 2 aromatic heterocycles. The fourth-order valence-corrected chi connectivity index (χ4v) is 2.75. The molecule has 0 aliphatic heterocycles. The van der Waals surface area contributed by atoms with Crippen molar-refractivity contribution in [3.8, 4) is 0 Å². The van der Waals surface area contributed by atoms with E-state index >= 15 is 0 Å². The molecular formula is C12H18N4OS. The summed E-state index contributed by atoms with van der Waals surface area (Å²) in [5.74, 6) is 1.06. The van der Waals surface area contributed by atoms with Crippen molar-refractivity contribution in [2.45, 2.75) is 32.2 Å². The number of aromatic nitrogens is 2. The zero-order valence-electron chi connectivity index (χ0n) is 10.4. The number of aliphatic hydroxyl groups is 1. The summed E-state index contributed by atoms with van der Waals surface area (Å²) in [7, 11) is 0. The van der Waals surface area contributed by atoms with Gasteiger partial charge in [0.05, 0.1) is 10.2 Å². The Hall–Kier alpha value is -1.40. The molecule has 2 heterocycles. The van der Waals surface area contributed by atoms with E-state index in [1.165, 1.54) is 0 Å². The zero-order chi connectivity index (χ0) is 13.0. The van der Waals surface area contributed by atoms with E-state index in [-0.39, 0.29) is 18.6 Å². The van der Waals surface area contributed by atoms with Gasteiger partial charge in [0.2, 0.25) is 5.95 Å². The van der Waals surface area contributed by atoms with Gasteiger partial charge < -0.3 is 16.2 Å². The van der Waals surface area contributed by atoms with E-state index in [9.17, 15) is 0 Å². The van der Waals surface area contributed by atoms with Gasteiger partial charge in [-0.1, -0.05) is 13.3 Å². The molecule has 1 atom stereocenters. The predicted octanol–water partition coefficient (Wildman–Crippen LogP) is 2.24. The van der Waals surface area contributed by atoms with Gasteiger partial charge in [-0.2, -0.15) is 4.98 Å². The second-order valence-electron chi connectivity index (χ2n) is 4.21. The fraction of sp³-hybridized carbons (Fsp3) is 0.500. The molecule has 0 amide bonds. The molecule has 0 aromatic carbocycles. The summed E-state index contributed by atoms with van der Waals surface area (Å²) >= 11 is 1.60. The molecule has 0 radical (unpaired) electrons. The van der Waals surface area contributed by atoms with Crippen LogP contribution in [0.5, 0.6) is 0 Å². The van der Waals surface area contributed by atoms with Crippen molar-refractivity contribution in [2.24, 2.45) is 0 Å². The summed E-state index contributed by atoms with van der Waals surface area (Å²) in [6.45, 7) is 2.30. The highest BCUT2D eigenvalue weighted by Gasteiger charge is 2.12. The molecule has 5 nitrogen and oxygen atoms in total. The number of nitrogen functional groups attached to an aromatic ring is 1. The molecule has 0 spiro atoms. The van der Waals surface area contributed by atoms with Crippen molar-refractivity contribution >= 4 is 33.3 Å². The summed E-state index contributed by atoms with van der Waals surface area (Å²) in [5, 5.41) is 14.4. The van der Waals surface area contributed by atoms with Crippen LogP contribution in [-0.2, 0) is 0 Å². The number of nitrogens with zero attached hydrogens (tertiary/aromatic N) is 2. The average molecular weight is 266 g/mol. The Labute approximate surface area is 110 Å². The van der Waals surface area contributed by atoms with Gasteiger partial charge in [-0.3, -0.25) is 0 Å². The summed E-state index contributed by atoms with van der Waals surface area (Å²) in [6, 6.07) is 2.16. The van der Waals surface area contributed by atoms with E-state index in [1.54, 1.807) is 11.3 Å². The molecule has 0 aliphatic carbocycles. The summed E-state index contributed by atoms with van der Waals surface area (Å²) in [4.78, 5) is 8.45. The third-order valence-corrected chi connectivity index (χ3v) is 3.69. The van der Waals surface area contributed by atoms with Crippen LogP contribution in [0.1, 0.15) is 26.2 Å². The molecule has 0 unspecified atom stereocenters. The Kier molecular flexibility index (Phi) is 4.33. The van der Waals surface area contributed by atoms with Crippen LogP contribution in [0.15, 0.2) is 11.4 Å². The number of nitrogens with one attached hydrogen (secondary N) is 1. The first-order valence-electron chi connectivity index (χ1n) is 6.12. The highest BCUT2D eigenvalue weighted by molar-refractivity contribution is 7.17. The lowest BCUT2D eigenvalue weighted by Crippen LogP contribution is -2.21. The van der Waals surface area contributed by atoms with E-state index in [0.717, 1.165) is 28.9 Å². The Balaban J connectivity index is 2.26. The van der Waals surface area contributed by atoms with Crippen LogP contribution in [-0.4, -0.2) is 27.7 Å². The quantitative estimate of drug-likeness (QED) is 0.746. The average Bonchev–Trinajstić information content (AvgIpc) is 2.77. The van der Waals surface area contributed by atoms with Crippen LogP contribution in [0.4, 0.5) is 11.8 Å². The maximum Gasteiger partial charge on any atom is 0.222 e. The summed E-state index contributed by atoms with van der Waals surface area (Å²) in [6.07, 6.45) is 2.77. The molecule has 0 saturated heterocycles. The first-order chi connectivity index (χ1) is 8.74. The first-order valence-corrected chi connectivity index (χ1v) is 7.00. The minimum Gasteiger partial charge on any atom is -0.396 e. The molecule has 2 aromatic rings. The molecular weight excluding hydrogens is 248 g/mol. The normalized spacial score (nSPS) is 12.8. The van der Waals surface area contributed by atoms with E-state index < -0.39 is 0 Å². The third-order valence-electron chi connectivity index (χ3n) is 2.78. The predicted molar refractivity (Wildman–Crippen MR) is 75.8 cm³/mol. The van der Waals surface area contributed by atoms with Crippen molar-refractivity contribution < 1.29 is 5.11 Å². The van der Waals surface area contributed by atoms with Gasteiger partial charge in [0.1, 0.15) is 5.82 Å². The van der Waals surface area contributed by atoms with Gasteiger partial charge in [0.25, 0.3) is 0 Å². The molecule has 2 rings (SSSR count). The molecule has 6 heteroatoms. The topological polar surface area (TPSA) is 84.1 Å². The lowest BCUT2D eigenvalue weighted by molar-refractivity contribution is 0.276. The standard InChI is InChI=1S/C12H18N4OS/c1-2-3-8(4-6-17)14-11-10-9(5-7-18-10)15-12(13)16-11/h5,7-8,17H,2-4,6H2,1H3,(H3,13,14,15,16)/t8-/m0/s1. The van der Waals surface area contributed by atoms with Crippen LogP contribution in [0.25, 0.3) is 10.2 Å². The second kappa shape index (κ2) is 5.97. The van der Waals surface area contributed by atoms with Crippen molar-refractivity contribution in [3.63, 3.8) is 0 Å². The monoisotopic (exact) mass is 266 g/mol. The zero-order valence-corrected chi connectivity index (χ0v) is 11.2. The van der Waals surface area contributed by atoms with Crippen molar-refractivity contribution in [2.75, 3.05) is 17.7 Å². The number of nitrogens with two attached hydrogens (primary N) is 1. The van der Waals surface area contributed by atoms with Crippen molar-refractivity contribution in [1.82, 2.24) is 9.97 Å². The number of rotatable bonds is 6. The van der Waals surface area contributed by atoms with Crippen LogP contribution in [0, 0.1) is 0 Å². The van der Waals surface area contributed by atoms with Crippen LogP contribution in [0.2, 0.25) is 0 Å². The minimum atomic E-state index is 0.172. The smallest absolute Gasteiger partial charge is 0.222 e. The molecule has 0 aliphatic rings. The highest BCUT2D eigenvalue weighted by atomic mass is 32.1. The van der Waals surface area contributed by atoms with E-state index in [1.807, 2.05) is 11.4 Å². The Morgan fingerprint density at radius 1 is 1.44 bits per heavy atom. The van der Waals surface area contributed by atoms with Gasteiger partial charge >= 0.3 is 0 Å². The van der Waals surface area contributed by atoms with Gasteiger partial charge in [-0.15, -0.1) is 11.3 Å². The fourth-order valence-electron chi connectivity index (χ4n) is 1.97. The Morgan fingerprint density at radius 2 is 2.28 bits per heavy atom. The molecule has 4 N–H and O–H groups in total. The molecule has 0 bridgehead atoms. The van der Waals surface area contributed by atoms with Gasteiger partial charge in [-0.05, 0) is 24.3 Å². The number of aliphatic hydroxyl groups excluding tert-OH is 1. The number of hydrogen-bond acceptors (Lipinski definition) is 6. The molecule has 0 saturated carbocycles. The highest BCUT2D eigenvalue weighted by Crippen LogP contribution is 2.27. The van der Waals surface area contributed by atoms with Crippen LogP contribution in [0.3, 0.4) is 0 Å². The lowest BCUT2D eigenvalue weighted by atomic mass is 10.1. The largest absolute Gasteiger partial charge is 0.396 e. The second-order valence-corrected chi connectivity index (χ2v) is 5.12. The Bertz CT molecular complexity index is 508. The number of thiophene rings is 1. The van der Waals surface area contributed by atoms with Gasteiger partial charge in [0.15, 0.2) is 0 Å². The van der Waals surface area contributed by atoms with Gasteiger partial charge in [-0.25, -0.2) is 4.98 Å². The van der Waals surface area contributed by atoms with Crippen molar-refractivity contribution in [1.29, 1.82) is 0 Å². The molecule has 98 valence electrons. The summed E-state index contributed by atoms with van der Waals surface area (Å²) in [5.41, 5.74) is 6.57. The number of fused-ring (bicyclic) bond motifs is 1. The van der Waals surface area contributed by atoms with E-state index in [2.05, 4.69) is 22.2 Å². The molecule has 0 fully saturated rings. The number of hydrogen-bond donors (Lipinski definition) is 3.